The summed E-state index contributed by atoms with van der Waals surface area (Å²) in [5.74, 6) is -3.10. The Morgan fingerprint density at radius 3 is 2.27 bits per heavy atom. The van der Waals surface area contributed by atoms with Gasteiger partial charge in [0, 0.05) is 0 Å². The van der Waals surface area contributed by atoms with Crippen molar-refractivity contribution in [1.82, 2.24) is 0 Å². The molecule has 0 spiro atoms. The van der Waals surface area contributed by atoms with Crippen molar-refractivity contribution >= 4 is 0 Å². The Hall–Kier alpha value is -1.53. The third kappa shape index (κ3) is 3.26. The van der Waals surface area contributed by atoms with E-state index in [1.54, 1.807) is 0 Å². The molecule has 0 amide bonds. The summed E-state index contributed by atoms with van der Waals surface area (Å²) in [6, 6.07) is 2.79. The van der Waals surface area contributed by atoms with Gasteiger partial charge in [-0.25, -0.2) is 4.39 Å². The normalized spacial score (nSPS) is 11.3. The second kappa shape index (κ2) is 4.33. The molecule has 0 atom stereocenters. The van der Waals surface area contributed by atoms with E-state index in [-0.39, 0.29) is 0 Å². The Morgan fingerprint density at radius 2 is 1.73 bits per heavy atom. The van der Waals surface area contributed by atoms with Crippen LogP contribution >= 0.6 is 0 Å². The summed E-state index contributed by atoms with van der Waals surface area (Å²) >= 11 is 0. The maximum absolute atomic E-state index is 13.1. The van der Waals surface area contributed by atoms with Crippen molar-refractivity contribution in [2.24, 2.45) is 0 Å². The van der Waals surface area contributed by atoms with Gasteiger partial charge in [-0.15, -0.1) is 13.2 Å². The van der Waals surface area contributed by atoms with Gasteiger partial charge in [0.1, 0.15) is 0 Å². The maximum atomic E-state index is 13.1. The lowest BCUT2D eigenvalue weighted by atomic mass is 10.3. The lowest BCUT2D eigenvalue weighted by molar-refractivity contribution is -0.275. The molecule has 1 rings (SSSR count). The summed E-state index contributed by atoms with van der Waals surface area (Å²) in [5, 5.41) is 0. The highest BCUT2D eigenvalue weighted by molar-refractivity contribution is 5.35. The van der Waals surface area contributed by atoms with Gasteiger partial charge in [-0.2, -0.15) is 4.39 Å². The Balaban J connectivity index is 2.94. The minimum absolute atomic E-state index is 0.640. The Bertz CT molecular complexity index is 336. The standard InChI is InChI=1S/C8H5F5O2/c9-4-14-5-2-1-3-6(7(5)10)15-8(11,12)13/h1-3H,4H2. The van der Waals surface area contributed by atoms with Gasteiger partial charge in [0.2, 0.25) is 12.7 Å². The number of ether oxygens (including phenoxy) is 2. The van der Waals surface area contributed by atoms with Gasteiger partial charge in [0.05, 0.1) is 0 Å². The first-order valence-electron chi connectivity index (χ1n) is 3.67. The van der Waals surface area contributed by atoms with Gasteiger partial charge in [0.25, 0.3) is 0 Å². The molecule has 84 valence electrons. The van der Waals surface area contributed by atoms with Crippen LogP contribution < -0.4 is 9.47 Å². The van der Waals surface area contributed by atoms with Crippen LogP contribution in [0.15, 0.2) is 18.2 Å². The van der Waals surface area contributed by atoms with Crippen molar-refractivity contribution in [2.45, 2.75) is 6.36 Å². The van der Waals surface area contributed by atoms with E-state index < -0.39 is 30.5 Å². The number of benzene rings is 1. The largest absolute Gasteiger partial charge is 0.573 e. The molecular formula is C8H5F5O2. The topological polar surface area (TPSA) is 18.5 Å². The number of rotatable bonds is 3. The fourth-order valence-corrected chi connectivity index (χ4v) is 0.864. The minimum Gasteiger partial charge on any atom is -0.460 e. The van der Waals surface area contributed by atoms with Crippen molar-refractivity contribution in [2.75, 3.05) is 6.86 Å². The fraction of sp³-hybridized carbons (Fsp3) is 0.250. The van der Waals surface area contributed by atoms with Crippen LogP contribution in [-0.4, -0.2) is 13.2 Å². The first kappa shape index (κ1) is 11.5. The average Bonchev–Trinajstić information content (AvgIpc) is 2.10. The summed E-state index contributed by atoms with van der Waals surface area (Å²) in [7, 11) is 0. The number of halogens is 5. The molecule has 0 saturated carbocycles. The molecule has 1 aromatic carbocycles. The highest BCUT2D eigenvalue weighted by atomic mass is 19.4. The van der Waals surface area contributed by atoms with Crippen molar-refractivity contribution in [1.29, 1.82) is 0 Å². The molecule has 0 radical (unpaired) electrons. The molecule has 0 bridgehead atoms. The molecule has 0 aliphatic carbocycles. The van der Waals surface area contributed by atoms with Crippen LogP contribution in [0.2, 0.25) is 0 Å². The summed E-state index contributed by atoms with van der Waals surface area (Å²) in [6.07, 6.45) is -5.00. The molecule has 2 nitrogen and oxygen atoms in total. The van der Waals surface area contributed by atoms with Crippen molar-refractivity contribution in [3.8, 4) is 11.5 Å². The van der Waals surface area contributed by atoms with Crippen LogP contribution in [0.4, 0.5) is 22.0 Å². The lowest BCUT2D eigenvalue weighted by Crippen LogP contribution is -2.18. The SMILES string of the molecule is FCOc1cccc(OC(F)(F)F)c1F. The molecule has 0 aliphatic heterocycles. The molecular weight excluding hydrogens is 223 g/mol. The molecule has 7 heteroatoms. The van der Waals surface area contributed by atoms with Gasteiger partial charge >= 0.3 is 6.36 Å². The van der Waals surface area contributed by atoms with E-state index in [0.717, 1.165) is 18.2 Å². The van der Waals surface area contributed by atoms with E-state index in [2.05, 4.69) is 9.47 Å². The van der Waals surface area contributed by atoms with Crippen LogP contribution in [0.25, 0.3) is 0 Å². The Morgan fingerprint density at radius 1 is 1.13 bits per heavy atom. The molecule has 0 unspecified atom stereocenters. The molecule has 15 heavy (non-hydrogen) atoms. The Labute approximate surface area is 81.2 Å². The van der Waals surface area contributed by atoms with Gasteiger partial charge in [-0.05, 0) is 12.1 Å². The third-order valence-corrected chi connectivity index (χ3v) is 1.36. The summed E-state index contributed by atoms with van der Waals surface area (Å²) in [6.45, 7) is -1.34. The zero-order valence-corrected chi connectivity index (χ0v) is 7.15. The highest BCUT2D eigenvalue weighted by Gasteiger charge is 2.32. The van der Waals surface area contributed by atoms with Crippen molar-refractivity contribution < 1.29 is 31.4 Å². The zero-order valence-electron chi connectivity index (χ0n) is 7.15. The second-order valence-electron chi connectivity index (χ2n) is 2.37. The predicted molar refractivity (Wildman–Crippen MR) is 39.7 cm³/mol. The zero-order chi connectivity index (χ0) is 11.5. The second-order valence-corrected chi connectivity index (χ2v) is 2.37. The third-order valence-electron chi connectivity index (χ3n) is 1.36. The monoisotopic (exact) mass is 228 g/mol. The molecule has 0 saturated heterocycles. The summed E-state index contributed by atoms with van der Waals surface area (Å²) in [5.41, 5.74) is 0. The summed E-state index contributed by atoms with van der Waals surface area (Å²) < 4.78 is 67.4. The molecule has 0 N–H and O–H groups in total. The fourth-order valence-electron chi connectivity index (χ4n) is 0.864. The minimum atomic E-state index is -5.00. The number of alkyl halides is 4. The van der Waals surface area contributed by atoms with Crippen LogP contribution in [0, 0.1) is 5.82 Å². The van der Waals surface area contributed by atoms with E-state index in [0.29, 0.717) is 0 Å². The molecule has 0 heterocycles. The van der Waals surface area contributed by atoms with Crippen LogP contribution in [0.5, 0.6) is 11.5 Å². The molecule has 0 aromatic heterocycles. The number of hydrogen-bond acceptors (Lipinski definition) is 2. The number of hydrogen-bond donors (Lipinski definition) is 0. The predicted octanol–water partition coefficient (Wildman–Crippen LogP) is 3.03. The van der Waals surface area contributed by atoms with Gasteiger partial charge in [-0.3, -0.25) is 0 Å². The van der Waals surface area contributed by atoms with E-state index in [1.807, 2.05) is 0 Å². The average molecular weight is 228 g/mol. The van der Waals surface area contributed by atoms with Crippen LogP contribution in [0.1, 0.15) is 0 Å². The van der Waals surface area contributed by atoms with E-state index in [4.69, 9.17) is 0 Å². The van der Waals surface area contributed by atoms with E-state index in [9.17, 15) is 22.0 Å². The molecule has 1 aromatic rings. The quantitative estimate of drug-likeness (QED) is 0.740. The summed E-state index contributed by atoms with van der Waals surface area (Å²) in [4.78, 5) is 0. The van der Waals surface area contributed by atoms with Gasteiger partial charge in [0.15, 0.2) is 11.5 Å². The van der Waals surface area contributed by atoms with Crippen molar-refractivity contribution in [3.05, 3.63) is 24.0 Å². The smallest absolute Gasteiger partial charge is 0.460 e. The van der Waals surface area contributed by atoms with Crippen molar-refractivity contribution in [3.63, 3.8) is 0 Å². The first-order valence-corrected chi connectivity index (χ1v) is 3.67. The van der Waals surface area contributed by atoms with E-state index >= 15 is 0 Å². The van der Waals surface area contributed by atoms with Gasteiger partial charge < -0.3 is 9.47 Å². The van der Waals surface area contributed by atoms with Crippen LogP contribution in [0.3, 0.4) is 0 Å². The first-order chi connectivity index (χ1) is 6.94. The Kier molecular flexibility index (Phi) is 3.33. The lowest BCUT2D eigenvalue weighted by Gasteiger charge is -2.11. The maximum Gasteiger partial charge on any atom is 0.573 e. The van der Waals surface area contributed by atoms with Gasteiger partial charge in [-0.1, -0.05) is 6.07 Å². The molecule has 0 aliphatic rings. The molecule has 0 fully saturated rings. The van der Waals surface area contributed by atoms with E-state index in [1.165, 1.54) is 0 Å². The highest BCUT2D eigenvalue weighted by Crippen LogP contribution is 2.30. The van der Waals surface area contributed by atoms with Crippen LogP contribution in [-0.2, 0) is 0 Å².